The molecular formula is C17H20F3NO. The normalized spacial score (nSPS) is 21.7. The first-order valence-corrected chi connectivity index (χ1v) is 7.78. The van der Waals surface area contributed by atoms with Crippen molar-refractivity contribution < 1.29 is 18.0 Å². The third kappa shape index (κ3) is 3.13. The fraction of sp³-hybridized carbons (Fsp3) is 0.588. The molecule has 2 nitrogen and oxygen atoms in total. The van der Waals surface area contributed by atoms with Gasteiger partial charge in [0.15, 0.2) is 0 Å². The van der Waals surface area contributed by atoms with E-state index < -0.39 is 12.1 Å². The number of hydrogen-bond donors (Lipinski definition) is 0. The van der Waals surface area contributed by atoms with Gasteiger partial charge in [-0.2, -0.15) is 13.2 Å². The van der Waals surface area contributed by atoms with Gasteiger partial charge < -0.3 is 4.90 Å². The van der Waals surface area contributed by atoms with Crippen LogP contribution in [0.25, 0.3) is 0 Å². The van der Waals surface area contributed by atoms with E-state index in [2.05, 4.69) is 12.1 Å². The van der Waals surface area contributed by atoms with Crippen molar-refractivity contribution >= 4 is 5.91 Å². The molecule has 0 aromatic heterocycles. The first-order chi connectivity index (χ1) is 10.4. The molecule has 2 aliphatic rings. The second-order valence-corrected chi connectivity index (χ2v) is 6.79. The van der Waals surface area contributed by atoms with Crippen LogP contribution in [0, 0.1) is 11.3 Å². The second kappa shape index (κ2) is 5.60. The Labute approximate surface area is 128 Å². The van der Waals surface area contributed by atoms with Crippen LogP contribution in [-0.4, -0.2) is 30.1 Å². The lowest BCUT2D eigenvalue weighted by Gasteiger charge is -2.53. The zero-order valence-corrected chi connectivity index (χ0v) is 12.4. The Morgan fingerprint density at radius 2 is 1.73 bits per heavy atom. The number of carbonyl (C=O) groups excluding carboxylic acids is 1. The van der Waals surface area contributed by atoms with Crippen molar-refractivity contribution in [3.63, 3.8) is 0 Å². The van der Waals surface area contributed by atoms with Gasteiger partial charge in [0.2, 0.25) is 0 Å². The van der Waals surface area contributed by atoms with Crippen molar-refractivity contribution in [3.05, 3.63) is 35.9 Å². The summed E-state index contributed by atoms with van der Waals surface area (Å²) in [6, 6.07) is 10.3. The highest BCUT2D eigenvalue weighted by Gasteiger charge is 2.53. The number of hydrogen-bond acceptors (Lipinski definition) is 1. The first-order valence-electron chi connectivity index (χ1n) is 7.78. The van der Waals surface area contributed by atoms with Crippen molar-refractivity contribution in [2.24, 2.45) is 11.3 Å². The van der Waals surface area contributed by atoms with Gasteiger partial charge in [0.1, 0.15) is 0 Å². The van der Waals surface area contributed by atoms with Gasteiger partial charge in [-0.1, -0.05) is 30.3 Å². The molecule has 22 heavy (non-hydrogen) atoms. The third-order valence-electron chi connectivity index (χ3n) is 5.12. The predicted octanol–water partition coefficient (Wildman–Crippen LogP) is 3.81. The van der Waals surface area contributed by atoms with E-state index in [1.54, 1.807) is 0 Å². The molecule has 1 aromatic carbocycles. The van der Waals surface area contributed by atoms with Crippen LogP contribution >= 0.6 is 0 Å². The zero-order valence-electron chi connectivity index (χ0n) is 12.4. The predicted molar refractivity (Wildman–Crippen MR) is 77.2 cm³/mol. The van der Waals surface area contributed by atoms with Gasteiger partial charge in [-0.3, -0.25) is 4.79 Å². The number of rotatable bonds is 2. The van der Waals surface area contributed by atoms with Crippen molar-refractivity contribution in [2.75, 3.05) is 13.1 Å². The van der Waals surface area contributed by atoms with Gasteiger partial charge in [-0.05, 0) is 43.6 Å². The fourth-order valence-electron chi connectivity index (χ4n) is 3.84. The van der Waals surface area contributed by atoms with E-state index in [0.717, 1.165) is 37.0 Å². The molecule has 1 saturated carbocycles. The lowest BCUT2D eigenvalue weighted by molar-refractivity contribution is -0.198. The van der Waals surface area contributed by atoms with Crippen molar-refractivity contribution in [2.45, 2.75) is 38.3 Å². The molecule has 2 fully saturated rings. The number of carbonyl (C=O) groups is 1. The van der Waals surface area contributed by atoms with E-state index in [0.29, 0.717) is 5.92 Å². The highest BCUT2D eigenvalue weighted by atomic mass is 19.4. The van der Waals surface area contributed by atoms with Crippen LogP contribution in [0.1, 0.15) is 31.2 Å². The molecule has 1 amide bonds. The fourth-order valence-corrected chi connectivity index (χ4v) is 3.84. The van der Waals surface area contributed by atoms with Crippen LogP contribution in [0.5, 0.6) is 0 Å². The number of likely N-dealkylation sites (tertiary alicyclic amines) is 1. The summed E-state index contributed by atoms with van der Waals surface area (Å²) < 4.78 is 37.2. The number of alkyl halides is 3. The van der Waals surface area contributed by atoms with Crippen LogP contribution in [0.2, 0.25) is 0 Å². The molecule has 1 spiro atoms. The van der Waals surface area contributed by atoms with Crippen molar-refractivity contribution in [1.82, 2.24) is 4.90 Å². The minimum absolute atomic E-state index is 0.0475. The molecule has 120 valence electrons. The summed E-state index contributed by atoms with van der Waals surface area (Å²) >= 11 is 0. The summed E-state index contributed by atoms with van der Waals surface area (Å²) in [7, 11) is 0. The molecule has 0 N–H and O–H groups in total. The minimum atomic E-state index is -4.73. The van der Waals surface area contributed by atoms with Gasteiger partial charge >= 0.3 is 12.1 Å². The smallest absolute Gasteiger partial charge is 0.334 e. The maximum Gasteiger partial charge on any atom is 0.471 e. The molecule has 1 heterocycles. The van der Waals surface area contributed by atoms with Crippen molar-refractivity contribution in [3.8, 4) is 0 Å². The molecule has 5 heteroatoms. The summed E-state index contributed by atoms with van der Waals surface area (Å²) in [6.45, 7) is 0.562. The summed E-state index contributed by atoms with van der Waals surface area (Å²) in [6.07, 6.45) is 0.276. The average molecular weight is 311 g/mol. The van der Waals surface area contributed by atoms with Crippen LogP contribution < -0.4 is 0 Å². The van der Waals surface area contributed by atoms with Crippen LogP contribution in [0.4, 0.5) is 13.2 Å². The molecule has 1 aliphatic heterocycles. The molecule has 0 unspecified atom stereocenters. The third-order valence-corrected chi connectivity index (χ3v) is 5.12. The number of amides is 1. The molecule has 1 aliphatic carbocycles. The summed E-state index contributed by atoms with van der Waals surface area (Å²) in [4.78, 5) is 12.1. The Hall–Kier alpha value is -1.52. The van der Waals surface area contributed by atoms with Crippen LogP contribution in [0.3, 0.4) is 0 Å². The van der Waals surface area contributed by atoms with Gasteiger partial charge in [0.25, 0.3) is 0 Å². The van der Waals surface area contributed by atoms with Crippen molar-refractivity contribution in [1.29, 1.82) is 0 Å². The topological polar surface area (TPSA) is 20.3 Å². The number of benzene rings is 1. The highest BCUT2D eigenvalue weighted by molar-refractivity contribution is 5.82. The summed E-state index contributed by atoms with van der Waals surface area (Å²) in [5, 5.41) is 0. The Bertz CT molecular complexity index is 525. The SMILES string of the molecule is O=C(N1CC2(CCC(Cc3ccccc3)CC2)C1)C(F)(F)F. The summed E-state index contributed by atoms with van der Waals surface area (Å²) in [5.74, 6) is -1.06. The van der Waals surface area contributed by atoms with E-state index in [4.69, 9.17) is 0 Å². The van der Waals surface area contributed by atoms with Gasteiger partial charge in [-0.25, -0.2) is 0 Å². The van der Waals surface area contributed by atoms with Gasteiger partial charge in [0, 0.05) is 18.5 Å². The van der Waals surface area contributed by atoms with E-state index in [-0.39, 0.29) is 18.5 Å². The largest absolute Gasteiger partial charge is 0.471 e. The number of halogens is 3. The Balaban J connectivity index is 1.48. The minimum Gasteiger partial charge on any atom is -0.334 e. The first kappa shape index (κ1) is 15.4. The molecule has 3 rings (SSSR count). The quantitative estimate of drug-likeness (QED) is 0.813. The second-order valence-electron chi connectivity index (χ2n) is 6.79. The van der Waals surface area contributed by atoms with E-state index in [9.17, 15) is 18.0 Å². The lowest BCUT2D eigenvalue weighted by atomic mass is 9.65. The lowest BCUT2D eigenvalue weighted by Crippen LogP contribution is -2.62. The van der Waals surface area contributed by atoms with E-state index in [1.165, 1.54) is 5.56 Å². The zero-order chi connectivity index (χ0) is 15.8. The monoisotopic (exact) mass is 311 g/mol. The standard InChI is InChI=1S/C17H20F3NO/c18-17(19,20)15(22)21-11-16(12-21)8-6-14(7-9-16)10-13-4-2-1-3-5-13/h1-5,14H,6-12H2. The highest BCUT2D eigenvalue weighted by Crippen LogP contribution is 2.47. The van der Waals surface area contributed by atoms with Gasteiger partial charge in [0.05, 0.1) is 0 Å². The average Bonchev–Trinajstić information content (AvgIpc) is 2.45. The van der Waals surface area contributed by atoms with Crippen LogP contribution in [0.15, 0.2) is 30.3 Å². The van der Waals surface area contributed by atoms with E-state index >= 15 is 0 Å². The van der Waals surface area contributed by atoms with E-state index in [1.807, 2.05) is 18.2 Å². The van der Waals surface area contributed by atoms with Gasteiger partial charge in [-0.15, -0.1) is 0 Å². The molecule has 0 atom stereocenters. The molecule has 0 bridgehead atoms. The Kier molecular flexibility index (Phi) is 3.91. The molecular weight excluding hydrogens is 291 g/mol. The molecule has 1 saturated heterocycles. The molecule has 0 radical (unpaired) electrons. The van der Waals surface area contributed by atoms with Crippen LogP contribution in [-0.2, 0) is 11.2 Å². The Morgan fingerprint density at radius 1 is 1.14 bits per heavy atom. The number of nitrogens with zero attached hydrogens (tertiary/aromatic N) is 1. The Morgan fingerprint density at radius 3 is 2.27 bits per heavy atom. The molecule has 1 aromatic rings. The maximum absolute atomic E-state index is 12.4. The maximum atomic E-state index is 12.4. The summed E-state index contributed by atoms with van der Waals surface area (Å²) in [5.41, 5.74) is 1.28.